The number of halogens is 2. The van der Waals surface area contributed by atoms with Crippen molar-refractivity contribution in [3.05, 3.63) is 87.9 Å². The third-order valence-corrected chi connectivity index (χ3v) is 12.7. The van der Waals surface area contributed by atoms with Gasteiger partial charge < -0.3 is 36.0 Å². The topological polar surface area (TPSA) is 256 Å². The smallest absolute Gasteiger partial charge is 0.351 e. The highest BCUT2D eigenvalue weighted by atomic mass is 32.2. The van der Waals surface area contributed by atoms with Crippen molar-refractivity contribution in [3.8, 4) is 0 Å². The molecule has 2 aromatic carbocycles. The number of hydrogen-bond donors (Lipinski definition) is 6. The van der Waals surface area contributed by atoms with Crippen molar-refractivity contribution in [2.24, 2.45) is 22.2 Å². The monoisotopic (exact) mass is 819 g/mol. The number of fused-ring (bicyclic) bond motifs is 6. The van der Waals surface area contributed by atoms with Crippen LogP contribution in [0.5, 0.6) is 0 Å². The van der Waals surface area contributed by atoms with E-state index in [-0.39, 0.29) is 69.6 Å². The molecule has 300 valence electrons. The molecule has 0 spiro atoms. The highest BCUT2D eigenvalue weighted by molar-refractivity contribution is 7.92. The summed E-state index contributed by atoms with van der Waals surface area (Å²) in [7, 11) is -7.99. The van der Waals surface area contributed by atoms with E-state index < -0.39 is 68.2 Å². The van der Waals surface area contributed by atoms with Gasteiger partial charge in [-0.3, -0.25) is 14.1 Å². The number of benzene rings is 2. The predicted octanol–water partition coefficient (Wildman–Crippen LogP) is 1.78. The SMILES string of the molecule is CS(=O)(=O)Nc1ccc2c(c1)S(=O)(=O)N=C(C1=C(O)[C@@H]3[C@H]4CC[C@H](C4)[C@@H]3N(Cc3ccc(F)cc3)C1=O)N2.C[C@@]1(F)[C@H](O)[C@@H](CO)O[C@H]1n1ccc(N)nc1=O. The Bertz CT molecular complexity index is 2430. The Hall–Kier alpha value is -4.96. The van der Waals surface area contributed by atoms with Gasteiger partial charge in [0, 0.05) is 30.4 Å². The van der Waals surface area contributed by atoms with Gasteiger partial charge in [-0.1, -0.05) is 12.1 Å². The summed E-state index contributed by atoms with van der Waals surface area (Å²) in [6.07, 6.45) is 0.902. The van der Waals surface area contributed by atoms with Gasteiger partial charge >= 0.3 is 5.69 Å². The molecule has 2 aliphatic carbocycles. The van der Waals surface area contributed by atoms with Gasteiger partial charge in [0.05, 0.1) is 18.6 Å². The van der Waals surface area contributed by atoms with Crippen LogP contribution in [-0.2, 0) is 36.1 Å². The number of alkyl halides is 1. The van der Waals surface area contributed by atoms with Crippen molar-refractivity contribution in [1.29, 1.82) is 0 Å². The second-order valence-electron chi connectivity index (χ2n) is 14.6. The van der Waals surface area contributed by atoms with E-state index in [0.717, 1.165) is 43.1 Å². The lowest BCUT2D eigenvalue weighted by atomic mass is 9.77. The first-order valence-electron chi connectivity index (χ1n) is 17.5. The van der Waals surface area contributed by atoms with Crippen molar-refractivity contribution >= 4 is 49.0 Å². The number of nitrogen functional groups attached to an aromatic ring is 1. The third-order valence-electron chi connectivity index (χ3n) is 10.8. The van der Waals surface area contributed by atoms with Crippen molar-refractivity contribution in [1.82, 2.24) is 14.5 Å². The van der Waals surface area contributed by atoms with E-state index >= 15 is 0 Å². The van der Waals surface area contributed by atoms with Gasteiger partial charge in [0.15, 0.2) is 17.7 Å². The molecule has 2 saturated carbocycles. The second kappa shape index (κ2) is 14.2. The van der Waals surface area contributed by atoms with Gasteiger partial charge in [-0.25, -0.2) is 22.0 Å². The maximum absolute atomic E-state index is 14.4. The van der Waals surface area contributed by atoms with Crippen LogP contribution in [-0.4, -0.2) is 95.1 Å². The molecule has 1 saturated heterocycles. The zero-order valence-electron chi connectivity index (χ0n) is 29.9. The molecule has 0 radical (unpaired) electrons. The molecule has 56 heavy (non-hydrogen) atoms. The minimum Gasteiger partial charge on any atom is -0.511 e. The minimum atomic E-state index is -4.35. The molecular weight excluding hydrogens is 781 g/mol. The highest BCUT2D eigenvalue weighted by Gasteiger charge is 2.57. The average molecular weight is 820 g/mol. The van der Waals surface area contributed by atoms with Crippen molar-refractivity contribution in [3.63, 3.8) is 0 Å². The average Bonchev–Trinajstić information content (AvgIpc) is 3.80. The standard InChI is InChI=1S/C25H25FN4O6S2.C10H14FN3O4/c1-37(33,34)28-17-8-9-18-19(11-17)38(35,36)29-24(27-18)21-23(31)20-14-4-5-15(10-14)22(20)30(25(21)32)12-13-2-6-16(26)7-3-13;1-10(11)7(16)5(4-15)18-8(10)14-3-2-6(12)13-9(14)17/h2-3,6-9,11,14-15,20,22,28,31H,4-5,10,12H2,1H3,(H,27,29);2-3,5,7-8,15-16H,4H2,1H3,(H2,12,13,17)/t14-,15+,20+,22-;5-,7-,8-,10-/m01/s1. The first kappa shape index (κ1) is 39.3. The summed E-state index contributed by atoms with van der Waals surface area (Å²) in [5, 5.41) is 32.9. The molecule has 21 heteroatoms. The minimum absolute atomic E-state index is 0.00839. The number of amidine groups is 1. The summed E-state index contributed by atoms with van der Waals surface area (Å²) in [6, 6.07) is 10.8. The maximum Gasteiger partial charge on any atom is 0.351 e. The summed E-state index contributed by atoms with van der Waals surface area (Å²) in [6.45, 7) is 0.729. The fraction of sp³-hybridized carbons (Fsp3) is 0.429. The molecule has 17 nitrogen and oxygen atoms in total. The van der Waals surface area contributed by atoms with E-state index in [0.29, 0.717) is 5.56 Å². The zero-order chi connectivity index (χ0) is 40.5. The molecule has 3 aliphatic heterocycles. The first-order valence-corrected chi connectivity index (χ1v) is 20.8. The number of amides is 1. The van der Waals surface area contributed by atoms with Crippen molar-refractivity contribution < 1.29 is 50.5 Å². The summed E-state index contributed by atoms with van der Waals surface area (Å²) in [5.74, 6) is -1.37. The van der Waals surface area contributed by atoms with Gasteiger partial charge in [-0.05, 0) is 80.0 Å². The summed E-state index contributed by atoms with van der Waals surface area (Å²) >= 11 is 0. The number of carbonyl (C=O) groups is 1. The van der Waals surface area contributed by atoms with Crippen LogP contribution in [0.25, 0.3) is 0 Å². The molecule has 7 N–H and O–H groups in total. The van der Waals surface area contributed by atoms with Gasteiger partial charge in [0.25, 0.3) is 15.9 Å². The van der Waals surface area contributed by atoms with Crippen LogP contribution in [0.15, 0.2) is 80.1 Å². The predicted molar refractivity (Wildman–Crippen MR) is 197 cm³/mol. The second-order valence-corrected chi connectivity index (χ2v) is 18.0. The Balaban J connectivity index is 0.000000224. The zero-order valence-corrected chi connectivity index (χ0v) is 31.5. The quantitative estimate of drug-likeness (QED) is 0.199. The number of sulfonamides is 2. The van der Waals surface area contributed by atoms with E-state index in [9.17, 15) is 45.4 Å². The maximum atomic E-state index is 14.4. The van der Waals surface area contributed by atoms with E-state index in [1.807, 2.05) is 0 Å². The lowest BCUT2D eigenvalue weighted by molar-refractivity contribution is -0.134. The molecule has 8 atom stereocenters. The van der Waals surface area contributed by atoms with Crippen molar-refractivity contribution in [2.45, 2.75) is 67.8 Å². The Labute approximate surface area is 319 Å². The van der Waals surface area contributed by atoms with Crippen LogP contribution in [0.4, 0.5) is 26.0 Å². The van der Waals surface area contributed by atoms with Crippen LogP contribution in [0, 0.1) is 23.6 Å². The lowest BCUT2D eigenvalue weighted by Gasteiger charge is -2.44. The first-order chi connectivity index (χ1) is 26.3. The lowest BCUT2D eigenvalue weighted by Crippen LogP contribution is -2.53. The number of aromatic nitrogens is 2. The molecule has 1 aromatic heterocycles. The van der Waals surface area contributed by atoms with Crippen LogP contribution in [0.3, 0.4) is 0 Å². The summed E-state index contributed by atoms with van der Waals surface area (Å²) in [5.41, 5.74) is 2.98. The van der Waals surface area contributed by atoms with E-state index in [2.05, 4.69) is 19.4 Å². The molecule has 1 amide bonds. The molecule has 0 unspecified atom stereocenters. The summed E-state index contributed by atoms with van der Waals surface area (Å²) in [4.78, 5) is 30.3. The van der Waals surface area contributed by atoms with Crippen LogP contribution >= 0.6 is 0 Å². The van der Waals surface area contributed by atoms with Crippen LogP contribution in [0.1, 0.15) is 38.0 Å². The number of hydrogen-bond acceptors (Lipinski definition) is 13. The number of ether oxygens (including phenoxy) is 1. The van der Waals surface area contributed by atoms with Gasteiger partial charge in [-0.2, -0.15) is 13.4 Å². The van der Waals surface area contributed by atoms with Gasteiger partial charge in [0.2, 0.25) is 10.0 Å². The van der Waals surface area contributed by atoms with Crippen LogP contribution in [0.2, 0.25) is 0 Å². The Morgan fingerprint density at radius 1 is 1.12 bits per heavy atom. The fourth-order valence-electron chi connectivity index (χ4n) is 8.35. The van der Waals surface area contributed by atoms with Gasteiger partial charge in [0.1, 0.15) is 40.1 Å². The normalized spacial score (nSPS) is 30.2. The number of carbonyl (C=O) groups excluding carboxylic acids is 1. The van der Waals surface area contributed by atoms with E-state index in [4.69, 9.17) is 15.6 Å². The number of nitrogens with zero attached hydrogens (tertiary/aromatic N) is 4. The highest BCUT2D eigenvalue weighted by Crippen LogP contribution is 2.55. The Kier molecular flexibility index (Phi) is 9.96. The fourth-order valence-corrected chi connectivity index (χ4v) is 10.1. The molecule has 4 heterocycles. The Morgan fingerprint density at radius 3 is 2.46 bits per heavy atom. The number of rotatable bonds is 7. The number of nitrogens with one attached hydrogen (secondary N) is 2. The number of nitrogens with two attached hydrogens (primary N) is 1. The molecule has 8 rings (SSSR count). The molecule has 3 aromatic rings. The number of anilines is 3. The largest absolute Gasteiger partial charge is 0.511 e. The van der Waals surface area contributed by atoms with E-state index in [1.165, 1.54) is 36.5 Å². The number of aliphatic hydroxyl groups is 3. The van der Waals surface area contributed by atoms with Gasteiger partial charge in [-0.15, -0.1) is 4.40 Å². The van der Waals surface area contributed by atoms with E-state index in [1.54, 1.807) is 17.0 Å². The van der Waals surface area contributed by atoms with Crippen molar-refractivity contribution in [2.75, 3.05) is 28.6 Å². The molecule has 5 aliphatic rings. The molecule has 3 fully saturated rings. The van der Waals surface area contributed by atoms with Crippen LogP contribution < -0.4 is 21.5 Å². The molecule has 2 bridgehead atoms. The molecular formula is C35H39F2N7O10S2. The summed E-state index contributed by atoms with van der Waals surface area (Å²) < 4.78 is 89.4. The third kappa shape index (κ3) is 7.12. The number of aliphatic hydroxyl groups excluding tert-OH is 3. The Morgan fingerprint density at radius 2 is 1.82 bits per heavy atom.